The van der Waals surface area contributed by atoms with Crippen LogP contribution >= 0.6 is 0 Å². The van der Waals surface area contributed by atoms with Gasteiger partial charge < -0.3 is 9.84 Å². The highest BCUT2D eigenvalue weighted by Crippen LogP contribution is 2.58. The number of imide groups is 2. The third kappa shape index (κ3) is 4.44. The predicted octanol–water partition coefficient (Wildman–Crippen LogP) is 4.43. The quantitative estimate of drug-likeness (QED) is 0.381. The number of phenols is 1. The van der Waals surface area contributed by atoms with Gasteiger partial charge in [-0.1, -0.05) is 61.9 Å². The number of amides is 4. The number of nitrogens with zero attached hydrogens (tertiary/aromatic N) is 2. The van der Waals surface area contributed by atoms with Crippen molar-refractivity contribution >= 4 is 23.6 Å². The van der Waals surface area contributed by atoms with Gasteiger partial charge in [0, 0.05) is 30.6 Å². The maximum atomic E-state index is 13.8. The van der Waals surface area contributed by atoms with Crippen LogP contribution in [0.15, 0.2) is 60.2 Å². The molecule has 0 aromatic heterocycles. The number of fused-ring (bicyclic) bond motifs is 4. The summed E-state index contributed by atoms with van der Waals surface area (Å²) in [6.07, 6.45) is 4.11. The van der Waals surface area contributed by atoms with Gasteiger partial charge in [-0.05, 0) is 43.2 Å². The first-order valence-corrected chi connectivity index (χ1v) is 14.8. The van der Waals surface area contributed by atoms with Crippen molar-refractivity contribution in [3.8, 4) is 11.5 Å². The lowest BCUT2D eigenvalue weighted by Gasteiger charge is -2.44. The predicted molar refractivity (Wildman–Crippen MR) is 150 cm³/mol. The lowest BCUT2D eigenvalue weighted by Crippen LogP contribution is -2.43. The Morgan fingerprint density at radius 3 is 2.12 bits per heavy atom. The van der Waals surface area contributed by atoms with Crippen LogP contribution in [0.2, 0.25) is 0 Å². The number of ether oxygens (including phenoxy) is 1. The van der Waals surface area contributed by atoms with E-state index >= 15 is 0 Å². The molecule has 3 fully saturated rings. The molecule has 2 saturated heterocycles. The molecule has 0 bridgehead atoms. The van der Waals surface area contributed by atoms with E-state index in [2.05, 4.69) is 0 Å². The molecule has 0 unspecified atom stereocenters. The molecule has 214 valence electrons. The molecule has 4 amide bonds. The fraction of sp³-hybridized carbons (Fsp3) is 0.455. The van der Waals surface area contributed by atoms with Gasteiger partial charge in [-0.2, -0.15) is 0 Å². The number of carbonyl (C=O) groups is 4. The normalized spacial score (nSPS) is 28.9. The van der Waals surface area contributed by atoms with Crippen LogP contribution in [-0.4, -0.2) is 51.6 Å². The second-order valence-electron chi connectivity index (χ2n) is 11.7. The topological polar surface area (TPSA) is 104 Å². The lowest BCUT2D eigenvalue weighted by atomic mass is 9.57. The SMILES string of the molecule is CCCN1C(=O)[C@H]2[C@H](CC=C3[C@H]2C[C@H]2C(=O)N(CCC)C(=O)[C@H]2[C@H]3c2ccc(OCc3ccccc3)cc2O)C1=O. The number of rotatable bonds is 8. The van der Waals surface area contributed by atoms with E-state index in [9.17, 15) is 24.3 Å². The maximum absolute atomic E-state index is 13.8. The third-order valence-electron chi connectivity index (χ3n) is 9.31. The van der Waals surface area contributed by atoms with Crippen LogP contribution < -0.4 is 4.74 Å². The zero-order valence-electron chi connectivity index (χ0n) is 23.5. The van der Waals surface area contributed by atoms with Crippen LogP contribution in [0, 0.1) is 29.6 Å². The number of carbonyl (C=O) groups excluding carboxylic acids is 4. The number of likely N-dealkylation sites (tertiary alicyclic amines) is 2. The first-order chi connectivity index (χ1) is 19.8. The molecule has 4 aliphatic rings. The molecule has 6 rings (SSSR count). The Labute approximate surface area is 240 Å². The largest absolute Gasteiger partial charge is 0.508 e. The number of phenolic OH excluding ortho intramolecular Hbond substituents is 1. The highest BCUT2D eigenvalue weighted by Gasteiger charge is 2.61. The van der Waals surface area contributed by atoms with Crippen molar-refractivity contribution in [1.29, 1.82) is 0 Å². The van der Waals surface area contributed by atoms with Gasteiger partial charge in [-0.3, -0.25) is 29.0 Å². The molecule has 2 aliphatic carbocycles. The average molecular weight is 557 g/mol. The van der Waals surface area contributed by atoms with Crippen LogP contribution in [0.25, 0.3) is 0 Å². The van der Waals surface area contributed by atoms with Gasteiger partial charge in [-0.15, -0.1) is 0 Å². The smallest absolute Gasteiger partial charge is 0.234 e. The summed E-state index contributed by atoms with van der Waals surface area (Å²) in [7, 11) is 0. The van der Waals surface area contributed by atoms with Gasteiger partial charge in [0.25, 0.3) is 0 Å². The Balaban J connectivity index is 1.38. The van der Waals surface area contributed by atoms with Gasteiger partial charge in [0.15, 0.2) is 0 Å². The maximum Gasteiger partial charge on any atom is 0.234 e. The molecular formula is C33H36N2O6. The summed E-state index contributed by atoms with van der Waals surface area (Å²) >= 11 is 0. The Morgan fingerprint density at radius 1 is 0.805 bits per heavy atom. The summed E-state index contributed by atoms with van der Waals surface area (Å²) in [4.78, 5) is 56.9. The van der Waals surface area contributed by atoms with Crippen LogP contribution in [0.1, 0.15) is 56.6 Å². The van der Waals surface area contributed by atoms with Crippen LogP contribution in [0.4, 0.5) is 0 Å². The van der Waals surface area contributed by atoms with E-state index in [1.807, 2.05) is 50.3 Å². The minimum atomic E-state index is -0.658. The fourth-order valence-corrected chi connectivity index (χ4v) is 7.57. The molecule has 0 radical (unpaired) electrons. The van der Waals surface area contributed by atoms with Gasteiger partial charge in [0.05, 0.1) is 23.7 Å². The van der Waals surface area contributed by atoms with Crippen LogP contribution in [-0.2, 0) is 25.8 Å². The molecule has 41 heavy (non-hydrogen) atoms. The summed E-state index contributed by atoms with van der Waals surface area (Å²) in [5, 5.41) is 11.3. The van der Waals surface area contributed by atoms with Crippen LogP contribution in [0.3, 0.4) is 0 Å². The Kier molecular flexibility index (Phi) is 7.18. The molecule has 8 nitrogen and oxygen atoms in total. The highest BCUT2D eigenvalue weighted by molar-refractivity contribution is 6.08. The van der Waals surface area contributed by atoms with E-state index < -0.39 is 29.6 Å². The Morgan fingerprint density at radius 2 is 1.46 bits per heavy atom. The number of hydrogen-bond acceptors (Lipinski definition) is 6. The van der Waals surface area contributed by atoms with Crippen molar-refractivity contribution in [1.82, 2.24) is 9.80 Å². The lowest BCUT2D eigenvalue weighted by molar-refractivity contribution is -0.142. The second kappa shape index (κ2) is 10.8. The summed E-state index contributed by atoms with van der Waals surface area (Å²) in [5.41, 5.74) is 2.43. The molecule has 2 aromatic rings. The van der Waals surface area contributed by atoms with E-state index in [4.69, 9.17) is 4.74 Å². The number of allylic oxidation sites excluding steroid dienone is 2. The number of benzene rings is 2. The third-order valence-corrected chi connectivity index (χ3v) is 9.31. The highest BCUT2D eigenvalue weighted by atomic mass is 16.5. The minimum Gasteiger partial charge on any atom is -0.508 e. The van der Waals surface area contributed by atoms with Gasteiger partial charge in [0.1, 0.15) is 18.1 Å². The van der Waals surface area contributed by atoms with Crippen molar-refractivity contribution in [2.75, 3.05) is 13.1 Å². The zero-order chi connectivity index (χ0) is 28.8. The number of aromatic hydroxyl groups is 1. The van der Waals surface area contributed by atoms with Crippen molar-refractivity contribution in [2.24, 2.45) is 29.6 Å². The Bertz CT molecular complexity index is 1420. The van der Waals surface area contributed by atoms with E-state index in [0.29, 0.717) is 56.7 Å². The summed E-state index contributed by atoms with van der Waals surface area (Å²) in [6.45, 7) is 4.93. The molecule has 2 heterocycles. The van der Waals surface area contributed by atoms with E-state index in [1.165, 1.54) is 9.80 Å². The van der Waals surface area contributed by atoms with E-state index in [-0.39, 0.29) is 35.3 Å². The summed E-state index contributed by atoms with van der Waals surface area (Å²) < 4.78 is 5.92. The second-order valence-corrected chi connectivity index (χ2v) is 11.7. The molecule has 6 atom stereocenters. The van der Waals surface area contributed by atoms with Crippen molar-refractivity contribution in [3.05, 3.63) is 71.3 Å². The fourth-order valence-electron chi connectivity index (χ4n) is 7.57. The molecule has 2 aliphatic heterocycles. The Hall–Kier alpha value is -3.94. The molecule has 1 N–H and O–H groups in total. The van der Waals surface area contributed by atoms with Gasteiger partial charge in [0.2, 0.25) is 23.6 Å². The van der Waals surface area contributed by atoms with Crippen molar-refractivity contribution in [3.63, 3.8) is 0 Å². The molecular weight excluding hydrogens is 520 g/mol. The summed E-state index contributed by atoms with van der Waals surface area (Å²) in [6, 6.07) is 14.8. The van der Waals surface area contributed by atoms with E-state index in [0.717, 1.165) is 11.1 Å². The van der Waals surface area contributed by atoms with Gasteiger partial charge in [-0.25, -0.2) is 0 Å². The van der Waals surface area contributed by atoms with Crippen LogP contribution in [0.5, 0.6) is 11.5 Å². The first kappa shape index (κ1) is 27.2. The zero-order valence-corrected chi connectivity index (χ0v) is 23.5. The van der Waals surface area contributed by atoms with Gasteiger partial charge >= 0.3 is 0 Å². The number of hydrogen-bond donors (Lipinski definition) is 1. The standard InChI is InChI=1S/C33H36N2O6/c1-3-14-34-30(37)23-13-12-21-24(28(23)32(34)39)17-25-29(33(40)35(15-4-2)31(25)38)27(21)22-11-10-20(16-26(22)36)41-18-19-8-6-5-7-9-19/h5-12,16,23-25,27-29,36H,3-4,13-15,17-18H2,1-2H3/t23-,24+,25+,27+,28-,29+/m0/s1. The van der Waals surface area contributed by atoms with Crippen molar-refractivity contribution in [2.45, 2.75) is 52.1 Å². The van der Waals surface area contributed by atoms with Crippen molar-refractivity contribution < 1.29 is 29.0 Å². The molecule has 1 saturated carbocycles. The average Bonchev–Trinajstić information content (AvgIpc) is 3.36. The first-order valence-electron chi connectivity index (χ1n) is 14.8. The summed E-state index contributed by atoms with van der Waals surface area (Å²) in [5.74, 6) is -3.43. The molecule has 2 aromatic carbocycles. The monoisotopic (exact) mass is 556 g/mol. The molecule has 8 heteroatoms. The van der Waals surface area contributed by atoms with E-state index in [1.54, 1.807) is 18.2 Å². The molecule has 0 spiro atoms. The minimum absolute atomic E-state index is 0.0152.